The van der Waals surface area contributed by atoms with Gasteiger partial charge in [-0.1, -0.05) is 36.3 Å². The minimum atomic E-state index is -0.813. The maximum atomic E-state index is 13.6. The molecule has 0 unspecified atom stereocenters. The lowest BCUT2D eigenvalue weighted by molar-refractivity contribution is -0.134. The molecule has 2 saturated heterocycles. The molecule has 1 aromatic heterocycles. The van der Waals surface area contributed by atoms with Crippen molar-refractivity contribution >= 4 is 23.3 Å². The Morgan fingerprint density at radius 3 is 2.58 bits per heavy atom. The zero-order valence-electron chi connectivity index (χ0n) is 19.6. The van der Waals surface area contributed by atoms with E-state index < -0.39 is 5.54 Å². The van der Waals surface area contributed by atoms with Crippen molar-refractivity contribution < 1.29 is 9.59 Å². The number of amides is 3. The Kier molecular flexibility index (Phi) is 7.52. The van der Waals surface area contributed by atoms with Gasteiger partial charge in [-0.2, -0.15) is 0 Å². The van der Waals surface area contributed by atoms with Crippen LogP contribution in [0, 0.1) is 24.7 Å². The van der Waals surface area contributed by atoms with Crippen LogP contribution in [0.25, 0.3) is 0 Å². The minimum Gasteiger partial charge on any atom is -0.323 e. The van der Waals surface area contributed by atoms with Crippen molar-refractivity contribution in [2.75, 3.05) is 19.6 Å². The number of hydrogen-bond acceptors (Lipinski definition) is 4. The predicted octanol–water partition coefficient (Wildman–Crippen LogP) is 4.61. The van der Waals surface area contributed by atoms with Gasteiger partial charge in [-0.3, -0.25) is 14.6 Å². The topological polar surface area (TPSA) is 52.7 Å². The van der Waals surface area contributed by atoms with E-state index >= 15 is 0 Å². The zero-order valence-corrected chi connectivity index (χ0v) is 20.4. The number of nitrogens with one attached hydrogen (secondary N) is 1. The van der Waals surface area contributed by atoms with E-state index in [0.29, 0.717) is 6.42 Å². The first-order valence-electron chi connectivity index (χ1n) is 11.9. The molecule has 174 valence electrons. The number of hydrogen-bond donors (Lipinski definition) is 1. The summed E-state index contributed by atoms with van der Waals surface area (Å²) >= 11 is 1.81. The normalized spacial score (nSPS) is 21.7. The molecule has 6 heteroatoms. The molecule has 5 nitrogen and oxygen atoms in total. The molecule has 0 aliphatic carbocycles. The summed E-state index contributed by atoms with van der Waals surface area (Å²) in [6.07, 6.45) is 4.25. The molecule has 2 fully saturated rings. The van der Waals surface area contributed by atoms with Crippen LogP contribution in [0.15, 0.2) is 41.8 Å². The van der Waals surface area contributed by atoms with Gasteiger partial charge in [0.2, 0.25) is 0 Å². The van der Waals surface area contributed by atoms with Crippen molar-refractivity contribution in [2.45, 2.75) is 58.0 Å². The number of carbonyl (C=O) groups is 2. The number of urea groups is 1. The van der Waals surface area contributed by atoms with Gasteiger partial charge in [-0.15, -0.1) is 17.3 Å². The Morgan fingerprint density at radius 1 is 1.15 bits per heavy atom. The van der Waals surface area contributed by atoms with E-state index in [9.17, 15) is 9.59 Å². The van der Waals surface area contributed by atoms with Crippen LogP contribution in [-0.2, 0) is 17.8 Å². The lowest BCUT2D eigenvalue weighted by atomic mass is 9.74. The highest BCUT2D eigenvalue weighted by molar-refractivity contribution is 7.10. The average molecular weight is 464 g/mol. The molecule has 0 spiro atoms. The second-order valence-electron chi connectivity index (χ2n) is 9.14. The molecule has 2 aromatic rings. The maximum Gasteiger partial charge on any atom is 0.325 e. The Labute approximate surface area is 201 Å². The number of piperidine rings is 1. The van der Waals surface area contributed by atoms with Crippen molar-refractivity contribution in [2.24, 2.45) is 5.92 Å². The number of rotatable bonds is 8. The van der Waals surface area contributed by atoms with Gasteiger partial charge in [-0.25, -0.2) is 4.79 Å². The molecule has 3 heterocycles. The van der Waals surface area contributed by atoms with Gasteiger partial charge in [-0.05, 0) is 87.5 Å². The van der Waals surface area contributed by atoms with E-state index in [1.807, 2.05) is 29.5 Å². The Bertz CT molecular complexity index is 1030. The number of aryl methyl sites for hydroxylation is 2. The third-order valence-corrected chi connectivity index (χ3v) is 8.12. The van der Waals surface area contributed by atoms with Gasteiger partial charge in [0.15, 0.2) is 0 Å². The van der Waals surface area contributed by atoms with Crippen LogP contribution in [0.5, 0.6) is 0 Å². The van der Waals surface area contributed by atoms with Gasteiger partial charge in [0.25, 0.3) is 5.91 Å². The lowest BCUT2D eigenvalue weighted by Crippen LogP contribution is -2.56. The number of likely N-dealkylation sites (tertiary alicyclic amines) is 1. The molecule has 0 saturated carbocycles. The first kappa shape index (κ1) is 23.5. The number of carbonyl (C=O) groups excluding carboxylic acids is 2. The van der Waals surface area contributed by atoms with Crippen LogP contribution in [0.3, 0.4) is 0 Å². The number of thiophene rings is 1. The summed E-state index contributed by atoms with van der Waals surface area (Å²) in [6.45, 7) is 6.92. The van der Waals surface area contributed by atoms with Crippen molar-refractivity contribution in [3.05, 3.63) is 57.8 Å². The van der Waals surface area contributed by atoms with E-state index in [0.717, 1.165) is 45.3 Å². The second kappa shape index (κ2) is 10.5. The monoisotopic (exact) mass is 463 g/mol. The van der Waals surface area contributed by atoms with Crippen LogP contribution in [0.2, 0.25) is 0 Å². The highest BCUT2D eigenvalue weighted by Crippen LogP contribution is 2.38. The molecule has 33 heavy (non-hydrogen) atoms. The molecule has 1 aromatic carbocycles. The summed E-state index contributed by atoms with van der Waals surface area (Å²) in [4.78, 5) is 31.7. The van der Waals surface area contributed by atoms with E-state index in [1.165, 1.54) is 20.9 Å². The Hall–Kier alpha value is -2.62. The highest BCUT2D eigenvalue weighted by Gasteiger charge is 2.55. The Morgan fingerprint density at radius 2 is 1.91 bits per heavy atom. The van der Waals surface area contributed by atoms with Gasteiger partial charge in [0.05, 0.1) is 6.54 Å². The Balaban J connectivity index is 1.47. The smallest absolute Gasteiger partial charge is 0.323 e. The van der Waals surface area contributed by atoms with E-state index in [1.54, 1.807) is 6.92 Å². The van der Waals surface area contributed by atoms with Crippen LogP contribution in [0.1, 0.15) is 48.6 Å². The zero-order chi connectivity index (χ0) is 23.3. The molecule has 2 aliphatic heterocycles. The van der Waals surface area contributed by atoms with Crippen LogP contribution in [0.4, 0.5) is 4.79 Å². The minimum absolute atomic E-state index is 0.0872. The van der Waals surface area contributed by atoms with Gasteiger partial charge < -0.3 is 5.32 Å². The van der Waals surface area contributed by atoms with Gasteiger partial charge in [0, 0.05) is 11.4 Å². The largest absolute Gasteiger partial charge is 0.325 e. The van der Waals surface area contributed by atoms with Crippen molar-refractivity contribution in [1.29, 1.82) is 0 Å². The van der Waals surface area contributed by atoms with Crippen molar-refractivity contribution in [1.82, 2.24) is 15.1 Å². The standard InChI is InChI=1S/C27H33N3O2S/c1-3-4-16-30-25(31)27(28-26(30)32,15-8-11-22-9-6-5-7-10-22)23-12-17-29(18-13-23)20-24-21(2)14-19-33-24/h5-7,9-10,14,19,23H,8,11-13,15-18,20H2,1-2H3,(H,28,32)/t27-/m1/s1. The molecule has 0 radical (unpaired) electrons. The second-order valence-corrected chi connectivity index (χ2v) is 10.1. The summed E-state index contributed by atoms with van der Waals surface area (Å²) in [6, 6.07) is 12.2. The SMILES string of the molecule is CC#CCN1C(=O)N[C@](CCCc2ccccc2)(C2CCN(Cc3sccc3C)CC2)C1=O. The number of nitrogens with zero attached hydrogens (tertiary/aromatic N) is 2. The molecule has 3 amide bonds. The predicted molar refractivity (Wildman–Crippen MR) is 133 cm³/mol. The first-order chi connectivity index (χ1) is 16.0. The summed E-state index contributed by atoms with van der Waals surface area (Å²) in [5, 5.41) is 5.31. The fourth-order valence-electron chi connectivity index (χ4n) is 5.17. The van der Waals surface area contributed by atoms with Crippen LogP contribution >= 0.6 is 11.3 Å². The van der Waals surface area contributed by atoms with E-state index in [4.69, 9.17) is 0 Å². The summed E-state index contributed by atoms with van der Waals surface area (Å²) in [5.74, 6) is 5.76. The lowest BCUT2D eigenvalue weighted by Gasteiger charge is -2.41. The fourth-order valence-corrected chi connectivity index (χ4v) is 6.11. The molecule has 4 rings (SSSR count). The molecule has 1 atom stereocenters. The summed E-state index contributed by atoms with van der Waals surface area (Å²) < 4.78 is 0. The van der Waals surface area contributed by atoms with Gasteiger partial charge >= 0.3 is 6.03 Å². The van der Waals surface area contributed by atoms with E-state index in [2.05, 4.69) is 52.6 Å². The van der Waals surface area contributed by atoms with Crippen molar-refractivity contribution in [3.8, 4) is 11.8 Å². The molecular weight excluding hydrogens is 430 g/mol. The quantitative estimate of drug-likeness (QED) is 0.460. The van der Waals surface area contributed by atoms with Crippen LogP contribution < -0.4 is 5.32 Å². The molecule has 0 bridgehead atoms. The highest BCUT2D eigenvalue weighted by atomic mass is 32.1. The average Bonchev–Trinajstić information content (AvgIpc) is 3.34. The molecular formula is C27H33N3O2S. The van der Waals surface area contributed by atoms with E-state index in [-0.39, 0.29) is 24.4 Å². The first-order valence-corrected chi connectivity index (χ1v) is 12.7. The fraction of sp³-hybridized carbons (Fsp3) is 0.481. The maximum absolute atomic E-state index is 13.6. The van der Waals surface area contributed by atoms with Gasteiger partial charge in [0.1, 0.15) is 5.54 Å². The summed E-state index contributed by atoms with van der Waals surface area (Å²) in [5.41, 5.74) is 1.80. The molecule has 1 N–H and O–H groups in total. The van der Waals surface area contributed by atoms with Crippen LogP contribution in [-0.4, -0.2) is 46.9 Å². The summed E-state index contributed by atoms with van der Waals surface area (Å²) in [7, 11) is 0. The van der Waals surface area contributed by atoms with Crippen molar-refractivity contribution in [3.63, 3.8) is 0 Å². The third-order valence-electron chi connectivity index (χ3n) is 7.12. The number of imide groups is 1. The number of benzene rings is 1. The third kappa shape index (κ3) is 5.15. The molecule has 2 aliphatic rings.